The molecule has 0 spiro atoms. The van der Waals surface area contributed by atoms with Gasteiger partial charge in [0.1, 0.15) is 11.8 Å². The van der Waals surface area contributed by atoms with Gasteiger partial charge in [0.05, 0.1) is 0 Å². The van der Waals surface area contributed by atoms with Crippen LogP contribution in [0.2, 0.25) is 10.0 Å². The minimum Gasteiger partial charge on any atom is -0.484 e. The molecule has 2 aromatic carbocycles. The second kappa shape index (κ2) is 12.7. The fourth-order valence-electron chi connectivity index (χ4n) is 3.25. The molecule has 2 amide bonds. The Hall–Kier alpha value is -2.24. The van der Waals surface area contributed by atoms with Crippen LogP contribution in [0.15, 0.2) is 42.5 Å². The SMILES string of the molecule is CCc1ccc(OCC(=O)N(Cc2c(Cl)cccc2Cl)[C@@H](CC)C(=O)NCC(C)C)cc1. The summed E-state index contributed by atoms with van der Waals surface area (Å²) in [5, 5.41) is 3.83. The Balaban J connectivity index is 2.24. The van der Waals surface area contributed by atoms with Crippen LogP contribution in [0.5, 0.6) is 5.75 Å². The van der Waals surface area contributed by atoms with Crippen molar-refractivity contribution >= 4 is 35.0 Å². The standard InChI is InChI=1S/C25H32Cl2N2O3/c1-5-18-10-12-19(13-11-18)32-16-24(30)29(15-20-21(26)8-7-9-22(20)27)23(6-2)25(31)28-14-17(3)4/h7-13,17,23H,5-6,14-16H2,1-4H3,(H,28,31)/t23-/m0/s1. The third kappa shape index (κ3) is 7.42. The van der Waals surface area contributed by atoms with Crippen LogP contribution >= 0.6 is 23.2 Å². The maximum absolute atomic E-state index is 13.2. The summed E-state index contributed by atoms with van der Waals surface area (Å²) in [6.45, 7) is 8.44. The van der Waals surface area contributed by atoms with Gasteiger partial charge in [0, 0.05) is 28.7 Å². The fourth-order valence-corrected chi connectivity index (χ4v) is 3.76. The highest BCUT2D eigenvalue weighted by atomic mass is 35.5. The molecule has 2 rings (SSSR count). The molecule has 0 aliphatic heterocycles. The molecule has 5 nitrogen and oxygen atoms in total. The van der Waals surface area contributed by atoms with E-state index in [2.05, 4.69) is 12.2 Å². The Morgan fingerprint density at radius 3 is 2.19 bits per heavy atom. The van der Waals surface area contributed by atoms with Crippen molar-refractivity contribution in [1.82, 2.24) is 10.2 Å². The van der Waals surface area contributed by atoms with Crippen LogP contribution in [0.4, 0.5) is 0 Å². The predicted octanol–water partition coefficient (Wildman–Crippen LogP) is 5.51. The molecule has 0 saturated carbocycles. The van der Waals surface area contributed by atoms with Crippen molar-refractivity contribution in [2.45, 2.75) is 53.1 Å². The molecule has 1 N–H and O–H groups in total. The van der Waals surface area contributed by atoms with E-state index in [1.807, 2.05) is 45.0 Å². The van der Waals surface area contributed by atoms with Crippen LogP contribution in [0.25, 0.3) is 0 Å². The van der Waals surface area contributed by atoms with Crippen LogP contribution in [0, 0.1) is 5.92 Å². The maximum atomic E-state index is 13.2. The molecule has 0 heterocycles. The zero-order valence-electron chi connectivity index (χ0n) is 19.2. The first kappa shape index (κ1) is 26.0. The van der Waals surface area contributed by atoms with E-state index in [1.54, 1.807) is 18.2 Å². The van der Waals surface area contributed by atoms with Gasteiger partial charge in [0.2, 0.25) is 5.91 Å². The zero-order valence-corrected chi connectivity index (χ0v) is 20.7. The molecule has 0 aliphatic carbocycles. The van der Waals surface area contributed by atoms with Crippen LogP contribution in [-0.2, 0) is 22.6 Å². The minimum atomic E-state index is -0.667. The van der Waals surface area contributed by atoms with Gasteiger partial charge < -0.3 is 15.0 Å². The van der Waals surface area contributed by atoms with E-state index in [9.17, 15) is 9.59 Å². The fraction of sp³-hybridized carbons (Fsp3) is 0.440. The lowest BCUT2D eigenvalue weighted by Gasteiger charge is -2.31. The number of nitrogens with zero attached hydrogens (tertiary/aromatic N) is 1. The second-order valence-corrected chi connectivity index (χ2v) is 8.89. The van der Waals surface area contributed by atoms with Crippen molar-refractivity contribution < 1.29 is 14.3 Å². The summed E-state index contributed by atoms with van der Waals surface area (Å²) in [7, 11) is 0. The van der Waals surface area contributed by atoms with E-state index < -0.39 is 6.04 Å². The molecule has 0 aromatic heterocycles. The van der Waals surface area contributed by atoms with Gasteiger partial charge >= 0.3 is 0 Å². The third-order valence-electron chi connectivity index (χ3n) is 5.15. The van der Waals surface area contributed by atoms with Gasteiger partial charge in [-0.25, -0.2) is 0 Å². The van der Waals surface area contributed by atoms with Gasteiger partial charge in [-0.05, 0) is 48.6 Å². The molecule has 1 atom stereocenters. The number of halogens is 2. The Morgan fingerprint density at radius 2 is 1.66 bits per heavy atom. The predicted molar refractivity (Wildman–Crippen MR) is 130 cm³/mol. The van der Waals surface area contributed by atoms with E-state index in [1.165, 1.54) is 10.5 Å². The highest BCUT2D eigenvalue weighted by Crippen LogP contribution is 2.27. The summed E-state index contributed by atoms with van der Waals surface area (Å²) in [6.07, 6.45) is 1.37. The number of aryl methyl sites for hydroxylation is 1. The number of nitrogens with one attached hydrogen (secondary N) is 1. The number of hydrogen-bond acceptors (Lipinski definition) is 3. The smallest absolute Gasteiger partial charge is 0.261 e. The van der Waals surface area contributed by atoms with E-state index in [-0.39, 0.29) is 25.0 Å². The quantitative estimate of drug-likeness (QED) is 0.462. The zero-order chi connectivity index (χ0) is 23.7. The topological polar surface area (TPSA) is 58.6 Å². The Bertz CT molecular complexity index is 880. The number of hydrogen-bond donors (Lipinski definition) is 1. The van der Waals surface area contributed by atoms with Gasteiger partial charge in [-0.3, -0.25) is 9.59 Å². The number of rotatable bonds is 11. The van der Waals surface area contributed by atoms with Gasteiger partial charge in [-0.2, -0.15) is 0 Å². The number of ether oxygens (including phenoxy) is 1. The van der Waals surface area contributed by atoms with Crippen LogP contribution in [0.1, 0.15) is 45.2 Å². The van der Waals surface area contributed by atoms with Crippen LogP contribution < -0.4 is 10.1 Å². The molecule has 2 aromatic rings. The van der Waals surface area contributed by atoms with Gasteiger partial charge in [-0.15, -0.1) is 0 Å². The summed E-state index contributed by atoms with van der Waals surface area (Å²) < 4.78 is 5.73. The number of benzene rings is 2. The summed E-state index contributed by atoms with van der Waals surface area (Å²) in [5.41, 5.74) is 1.79. The molecule has 32 heavy (non-hydrogen) atoms. The van der Waals surface area contributed by atoms with Gasteiger partial charge in [-0.1, -0.05) is 69.1 Å². The first-order valence-corrected chi connectivity index (χ1v) is 11.7. The largest absolute Gasteiger partial charge is 0.484 e. The molecule has 7 heteroatoms. The molecule has 0 radical (unpaired) electrons. The highest BCUT2D eigenvalue weighted by molar-refractivity contribution is 6.36. The Morgan fingerprint density at radius 1 is 1.03 bits per heavy atom. The summed E-state index contributed by atoms with van der Waals surface area (Å²) in [5.74, 6) is 0.383. The average Bonchev–Trinajstić information content (AvgIpc) is 2.78. The van der Waals surface area contributed by atoms with Gasteiger partial charge in [0.15, 0.2) is 6.61 Å². The molecule has 0 saturated heterocycles. The van der Waals surface area contributed by atoms with E-state index >= 15 is 0 Å². The molecule has 0 unspecified atom stereocenters. The lowest BCUT2D eigenvalue weighted by molar-refractivity contribution is -0.143. The molecule has 174 valence electrons. The van der Waals surface area contributed by atoms with Crippen molar-refractivity contribution in [3.63, 3.8) is 0 Å². The molecular formula is C25H32Cl2N2O3. The number of carbonyl (C=O) groups excluding carboxylic acids is 2. The molecule has 0 aliphatic rings. The summed E-state index contributed by atoms with van der Waals surface area (Å²) in [6, 6.07) is 12.1. The Labute approximate surface area is 201 Å². The van der Waals surface area contributed by atoms with E-state index in [0.29, 0.717) is 40.2 Å². The second-order valence-electron chi connectivity index (χ2n) is 8.07. The lowest BCUT2D eigenvalue weighted by Crippen LogP contribution is -2.50. The van der Waals surface area contributed by atoms with Crippen molar-refractivity contribution in [3.8, 4) is 5.75 Å². The maximum Gasteiger partial charge on any atom is 0.261 e. The average molecular weight is 479 g/mol. The monoisotopic (exact) mass is 478 g/mol. The first-order valence-electron chi connectivity index (χ1n) is 11.0. The highest BCUT2D eigenvalue weighted by Gasteiger charge is 2.30. The van der Waals surface area contributed by atoms with Crippen LogP contribution in [-0.4, -0.2) is 35.9 Å². The van der Waals surface area contributed by atoms with Crippen molar-refractivity contribution in [2.75, 3.05) is 13.2 Å². The Kier molecular flexibility index (Phi) is 10.3. The van der Waals surface area contributed by atoms with Gasteiger partial charge in [0.25, 0.3) is 5.91 Å². The van der Waals surface area contributed by atoms with Crippen LogP contribution in [0.3, 0.4) is 0 Å². The third-order valence-corrected chi connectivity index (χ3v) is 5.86. The van der Waals surface area contributed by atoms with Crippen molar-refractivity contribution in [1.29, 1.82) is 0 Å². The molecule has 0 fully saturated rings. The normalized spacial score (nSPS) is 11.8. The van der Waals surface area contributed by atoms with E-state index in [4.69, 9.17) is 27.9 Å². The molecule has 0 bridgehead atoms. The number of carbonyl (C=O) groups is 2. The number of amides is 2. The lowest BCUT2D eigenvalue weighted by atomic mass is 10.1. The summed E-state index contributed by atoms with van der Waals surface area (Å²) in [4.78, 5) is 27.7. The minimum absolute atomic E-state index is 0.114. The summed E-state index contributed by atoms with van der Waals surface area (Å²) >= 11 is 12.7. The first-order chi connectivity index (χ1) is 15.3. The van der Waals surface area contributed by atoms with E-state index in [0.717, 1.165) is 6.42 Å². The van der Waals surface area contributed by atoms with Crippen molar-refractivity contribution in [3.05, 3.63) is 63.6 Å². The van der Waals surface area contributed by atoms with Crippen molar-refractivity contribution in [2.24, 2.45) is 5.92 Å². The molecular weight excluding hydrogens is 447 g/mol.